The second kappa shape index (κ2) is 6.68. The summed E-state index contributed by atoms with van der Waals surface area (Å²) < 4.78 is 0. The van der Waals surface area contributed by atoms with Crippen molar-refractivity contribution in [2.24, 2.45) is 4.99 Å². The summed E-state index contributed by atoms with van der Waals surface area (Å²) in [5.41, 5.74) is 4.16. The Hall–Kier alpha value is -2.29. The first-order valence-electron chi connectivity index (χ1n) is 7.60. The van der Waals surface area contributed by atoms with Gasteiger partial charge in [-0.1, -0.05) is 71.9 Å². The van der Waals surface area contributed by atoms with Crippen molar-refractivity contribution in [1.29, 1.82) is 0 Å². The van der Waals surface area contributed by atoms with E-state index in [1.165, 1.54) is 10.5 Å². The van der Waals surface area contributed by atoms with Crippen LogP contribution in [0.3, 0.4) is 0 Å². The number of fused-ring (bicyclic) bond motifs is 1. The van der Waals surface area contributed by atoms with Crippen molar-refractivity contribution in [1.82, 2.24) is 0 Å². The number of rotatable bonds is 2. The highest BCUT2D eigenvalue weighted by atomic mass is 35.5. The number of benzene rings is 3. The van der Waals surface area contributed by atoms with Gasteiger partial charge in [-0.05, 0) is 41.5 Å². The highest BCUT2D eigenvalue weighted by molar-refractivity contribution is 8.15. The van der Waals surface area contributed by atoms with E-state index in [-0.39, 0.29) is 0 Å². The predicted molar refractivity (Wildman–Crippen MR) is 103 cm³/mol. The van der Waals surface area contributed by atoms with Crippen molar-refractivity contribution >= 4 is 39.7 Å². The van der Waals surface area contributed by atoms with Crippen molar-refractivity contribution in [3.63, 3.8) is 0 Å². The highest BCUT2D eigenvalue weighted by Gasteiger charge is 2.23. The summed E-state index contributed by atoms with van der Waals surface area (Å²) in [5.74, 6) is 0. The molecule has 3 aromatic rings. The highest BCUT2D eigenvalue weighted by Crippen LogP contribution is 2.42. The molecule has 0 bridgehead atoms. The molecule has 0 N–H and O–H groups in total. The van der Waals surface area contributed by atoms with E-state index in [1.54, 1.807) is 11.8 Å². The number of hydrogen-bond donors (Lipinski definition) is 0. The number of halogens is 1. The molecular weight excluding hydrogens is 334 g/mol. The van der Waals surface area contributed by atoms with Crippen molar-refractivity contribution in [3.05, 3.63) is 101 Å². The van der Waals surface area contributed by atoms with Crippen molar-refractivity contribution in [2.75, 3.05) is 0 Å². The van der Waals surface area contributed by atoms with Gasteiger partial charge in [0.25, 0.3) is 0 Å². The molecule has 0 aromatic heterocycles. The molecule has 4 rings (SSSR count). The summed E-state index contributed by atoms with van der Waals surface area (Å²) >= 11 is 7.65. The number of aliphatic imine (C=N–C) groups is 1. The maximum Gasteiger partial charge on any atom is 0.110 e. The van der Waals surface area contributed by atoms with Crippen LogP contribution in [-0.4, -0.2) is 5.04 Å². The third kappa shape index (κ3) is 3.16. The molecule has 1 aliphatic rings. The van der Waals surface area contributed by atoms with E-state index in [2.05, 4.69) is 42.5 Å². The minimum Gasteiger partial charge on any atom is -0.241 e. The lowest BCUT2D eigenvalue weighted by molar-refractivity contribution is 1.42. The van der Waals surface area contributed by atoms with Gasteiger partial charge in [-0.25, -0.2) is 4.99 Å². The van der Waals surface area contributed by atoms with E-state index < -0.39 is 0 Å². The molecular formula is C21H13ClNS. The number of thioether (sulfide) groups is 1. The van der Waals surface area contributed by atoms with E-state index >= 15 is 0 Å². The zero-order valence-corrected chi connectivity index (χ0v) is 14.3. The second-order valence-electron chi connectivity index (χ2n) is 5.36. The fraction of sp³-hybridized carbons (Fsp3) is 0. The van der Waals surface area contributed by atoms with E-state index in [1.807, 2.05) is 42.5 Å². The Bertz CT molecular complexity index is 928. The molecule has 1 nitrogen and oxygen atoms in total. The Kier molecular flexibility index (Phi) is 4.24. The van der Waals surface area contributed by atoms with E-state index in [0.29, 0.717) is 5.02 Å². The van der Waals surface area contributed by atoms with Crippen LogP contribution in [0.2, 0.25) is 5.02 Å². The lowest BCUT2D eigenvalue weighted by Crippen LogP contribution is -1.91. The normalized spacial score (nSPS) is 16.5. The van der Waals surface area contributed by atoms with Gasteiger partial charge in [0.15, 0.2) is 0 Å². The molecule has 0 spiro atoms. The zero-order valence-electron chi connectivity index (χ0n) is 12.7. The quantitative estimate of drug-likeness (QED) is 0.522. The third-order valence-corrected chi connectivity index (χ3v) is 4.99. The molecule has 3 aromatic carbocycles. The average molecular weight is 347 g/mol. The maximum atomic E-state index is 5.97. The molecule has 24 heavy (non-hydrogen) atoms. The minimum absolute atomic E-state index is 0.716. The SMILES string of the molecule is Clc1ccc(N=C2Sc3ccccc3C2=[C]c2ccccc2)cc1. The smallest absolute Gasteiger partial charge is 0.110 e. The molecule has 1 heterocycles. The summed E-state index contributed by atoms with van der Waals surface area (Å²) in [7, 11) is 0. The van der Waals surface area contributed by atoms with Gasteiger partial charge in [-0.3, -0.25) is 0 Å². The lowest BCUT2D eigenvalue weighted by atomic mass is 10.0. The van der Waals surface area contributed by atoms with E-state index in [0.717, 1.165) is 21.9 Å². The number of hydrogen-bond acceptors (Lipinski definition) is 2. The Morgan fingerprint density at radius 3 is 2.29 bits per heavy atom. The van der Waals surface area contributed by atoms with Crippen LogP contribution in [0, 0.1) is 6.08 Å². The summed E-state index contributed by atoms with van der Waals surface area (Å²) in [6.45, 7) is 0. The molecule has 0 aliphatic carbocycles. The standard InChI is InChI=1S/C21H13ClNS/c22-16-10-12-17(13-11-16)23-21-19(14-15-6-2-1-3-7-15)18-8-4-5-9-20(18)24-21/h1-13H. The second-order valence-corrected chi connectivity index (χ2v) is 6.82. The molecule has 1 radical (unpaired) electrons. The van der Waals surface area contributed by atoms with E-state index in [9.17, 15) is 0 Å². The lowest BCUT2D eigenvalue weighted by Gasteiger charge is -2.02. The van der Waals surface area contributed by atoms with Gasteiger partial charge in [-0.15, -0.1) is 0 Å². The van der Waals surface area contributed by atoms with Crippen molar-refractivity contribution in [3.8, 4) is 0 Å². The van der Waals surface area contributed by atoms with Gasteiger partial charge >= 0.3 is 0 Å². The van der Waals surface area contributed by atoms with Crippen LogP contribution in [0.5, 0.6) is 0 Å². The van der Waals surface area contributed by atoms with Gasteiger partial charge in [-0.2, -0.15) is 0 Å². The van der Waals surface area contributed by atoms with Crippen LogP contribution in [-0.2, 0) is 0 Å². The number of nitrogens with zero attached hydrogens (tertiary/aromatic N) is 1. The summed E-state index contributed by atoms with van der Waals surface area (Å²) in [6.07, 6.45) is 3.52. The van der Waals surface area contributed by atoms with Gasteiger partial charge in [0.05, 0.1) is 5.69 Å². The van der Waals surface area contributed by atoms with Crippen LogP contribution < -0.4 is 0 Å². The van der Waals surface area contributed by atoms with Gasteiger partial charge in [0, 0.05) is 21.6 Å². The summed E-state index contributed by atoms with van der Waals surface area (Å²) in [5, 5.41) is 1.68. The van der Waals surface area contributed by atoms with Crippen molar-refractivity contribution < 1.29 is 0 Å². The Morgan fingerprint density at radius 1 is 0.792 bits per heavy atom. The first-order chi connectivity index (χ1) is 11.8. The Labute approximate surface area is 150 Å². The first kappa shape index (κ1) is 15.3. The third-order valence-electron chi connectivity index (χ3n) is 3.68. The fourth-order valence-electron chi connectivity index (χ4n) is 2.53. The topological polar surface area (TPSA) is 12.4 Å². The molecule has 3 heteroatoms. The monoisotopic (exact) mass is 346 g/mol. The molecule has 1 aliphatic heterocycles. The zero-order chi connectivity index (χ0) is 16.4. The predicted octanol–water partition coefficient (Wildman–Crippen LogP) is 6.41. The van der Waals surface area contributed by atoms with Gasteiger partial charge < -0.3 is 0 Å². The van der Waals surface area contributed by atoms with Crippen LogP contribution in [0.1, 0.15) is 11.1 Å². The molecule has 0 fully saturated rings. The molecule has 0 saturated heterocycles. The Balaban J connectivity index is 1.81. The fourth-order valence-corrected chi connectivity index (χ4v) is 3.71. The average Bonchev–Trinajstić information content (AvgIpc) is 2.95. The molecule has 0 saturated carbocycles. The van der Waals surface area contributed by atoms with Crippen LogP contribution >= 0.6 is 23.4 Å². The summed E-state index contributed by atoms with van der Waals surface area (Å²) in [6, 6.07) is 26.1. The van der Waals surface area contributed by atoms with Crippen LogP contribution in [0.25, 0.3) is 5.57 Å². The van der Waals surface area contributed by atoms with Crippen LogP contribution in [0.15, 0.2) is 88.8 Å². The molecule has 0 unspecified atom stereocenters. The largest absolute Gasteiger partial charge is 0.241 e. The first-order valence-corrected chi connectivity index (χ1v) is 8.80. The summed E-state index contributed by atoms with van der Waals surface area (Å²) in [4.78, 5) is 6.02. The minimum atomic E-state index is 0.716. The van der Waals surface area contributed by atoms with Crippen LogP contribution in [0.4, 0.5) is 5.69 Å². The Morgan fingerprint density at radius 2 is 1.50 bits per heavy atom. The van der Waals surface area contributed by atoms with Gasteiger partial charge in [0.1, 0.15) is 5.04 Å². The molecule has 115 valence electrons. The van der Waals surface area contributed by atoms with Gasteiger partial charge in [0.2, 0.25) is 0 Å². The molecule has 0 atom stereocenters. The molecule has 0 amide bonds. The van der Waals surface area contributed by atoms with E-state index in [4.69, 9.17) is 16.6 Å². The maximum absolute atomic E-state index is 5.97. The van der Waals surface area contributed by atoms with Crippen molar-refractivity contribution in [2.45, 2.75) is 4.90 Å².